The number of rotatable bonds is 5. The van der Waals surface area contributed by atoms with Gasteiger partial charge in [-0.25, -0.2) is 5.48 Å². The summed E-state index contributed by atoms with van der Waals surface area (Å²) in [7, 11) is 0. The summed E-state index contributed by atoms with van der Waals surface area (Å²) in [5.41, 5.74) is 5.42. The fraction of sp³-hybridized carbons (Fsp3) is 0.550. The Morgan fingerprint density at radius 1 is 1.25 bits per heavy atom. The number of nitrogens with one attached hydrogen (secondary N) is 1. The lowest BCUT2D eigenvalue weighted by Crippen LogP contribution is -2.32. The molecule has 1 aromatic rings. The molecule has 1 aliphatic heterocycles. The zero-order valence-corrected chi connectivity index (χ0v) is 14.3. The fourth-order valence-corrected chi connectivity index (χ4v) is 3.98. The molecule has 2 N–H and O–H groups in total. The van der Waals surface area contributed by atoms with Gasteiger partial charge < -0.3 is 0 Å². The van der Waals surface area contributed by atoms with Crippen molar-refractivity contribution in [1.82, 2.24) is 10.4 Å². The first-order valence-corrected chi connectivity index (χ1v) is 9.21. The predicted molar refractivity (Wildman–Crippen MR) is 95.6 cm³/mol. The van der Waals surface area contributed by atoms with Crippen molar-refractivity contribution in [2.24, 2.45) is 5.92 Å². The van der Waals surface area contributed by atoms with Crippen molar-refractivity contribution in [2.45, 2.75) is 51.5 Å². The van der Waals surface area contributed by atoms with Crippen molar-refractivity contribution in [3.8, 4) is 0 Å². The molecule has 2 aliphatic rings. The third kappa shape index (κ3) is 4.68. The van der Waals surface area contributed by atoms with Crippen LogP contribution in [0.2, 0.25) is 0 Å². The van der Waals surface area contributed by atoms with E-state index in [0.29, 0.717) is 0 Å². The zero-order valence-electron chi connectivity index (χ0n) is 14.3. The van der Waals surface area contributed by atoms with Gasteiger partial charge in [-0.1, -0.05) is 50.3 Å². The molecule has 3 rings (SSSR count). The van der Waals surface area contributed by atoms with Crippen molar-refractivity contribution < 1.29 is 10.0 Å². The Balaban J connectivity index is 1.57. The van der Waals surface area contributed by atoms with E-state index >= 15 is 0 Å². The Morgan fingerprint density at radius 2 is 2.08 bits per heavy atom. The predicted octanol–water partition coefficient (Wildman–Crippen LogP) is 3.53. The van der Waals surface area contributed by atoms with Crippen LogP contribution in [0.15, 0.2) is 24.3 Å². The minimum atomic E-state index is -0.498. The lowest BCUT2D eigenvalue weighted by atomic mass is 9.86. The second-order valence-electron chi connectivity index (χ2n) is 7.16. The van der Waals surface area contributed by atoms with E-state index in [-0.39, 0.29) is 0 Å². The summed E-state index contributed by atoms with van der Waals surface area (Å²) in [4.78, 5) is 13.7. The Morgan fingerprint density at radius 3 is 2.88 bits per heavy atom. The standard InChI is InChI=1S/C20H28N2O2/c23-20(21-24)9-7-17-6-8-18-11-13-22(15-19(18)14-17)12-10-16-4-2-1-3-5-16/h6-9,14,16,24H,1-5,10-13,15H2,(H,21,23). The average molecular weight is 328 g/mol. The Bertz CT molecular complexity index is 591. The average Bonchev–Trinajstić information content (AvgIpc) is 2.64. The Labute approximate surface area is 144 Å². The third-order valence-corrected chi connectivity index (χ3v) is 5.44. The summed E-state index contributed by atoms with van der Waals surface area (Å²) in [5.74, 6) is 0.438. The van der Waals surface area contributed by atoms with Crippen molar-refractivity contribution in [1.29, 1.82) is 0 Å². The van der Waals surface area contributed by atoms with Gasteiger partial charge in [0, 0.05) is 19.2 Å². The number of carbonyl (C=O) groups is 1. The third-order valence-electron chi connectivity index (χ3n) is 5.44. The Hall–Kier alpha value is -1.65. The minimum Gasteiger partial charge on any atom is -0.299 e. The molecule has 0 spiro atoms. The topological polar surface area (TPSA) is 52.6 Å². The largest absolute Gasteiger partial charge is 0.299 e. The monoisotopic (exact) mass is 328 g/mol. The lowest BCUT2D eigenvalue weighted by molar-refractivity contribution is -0.124. The van der Waals surface area contributed by atoms with Gasteiger partial charge in [-0.2, -0.15) is 0 Å². The van der Waals surface area contributed by atoms with Gasteiger partial charge in [0.25, 0.3) is 5.91 Å². The summed E-state index contributed by atoms with van der Waals surface area (Å²) in [6, 6.07) is 6.38. The quantitative estimate of drug-likeness (QED) is 0.494. The molecule has 1 saturated carbocycles. The first kappa shape index (κ1) is 17.2. The van der Waals surface area contributed by atoms with Crippen molar-refractivity contribution in [3.05, 3.63) is 41.0 Å². The van der Waals surface area contributed by atoms with E-state index in [4.69, 9.17) is 5.21 Å². The van der Waals surface area contributed by atoms with Crippen LogP contribution in [0, 0.1) is 5.92 Å². The fourth-order valence-electron chi connectivity index (χ4n) is 3.98. The summed E-state index contributed by atoms with van der Waals surface area (Å²) in [5, 5.41) is 8.55. The minimum absolute atomic E-state index is 0.498. The number of fused-ring (bicyclic) bond motifs is 1. The molecule has 130 valence electrons. The first-order valence-electron chi connectivity index (χ1n) is 9.21. The summed E-state index contributed by atoms with van der Waals surface area (Å²) in [6.45, 7) is 3.37. The lowest BCUT2D eigenvalue weighted by Gasteiger charge is -2.31. The maximum atomic E-state index is 11.1. The molecule has 0 atom stereocenters. The zero-order chi connectivity index (χ0) is 16.8. The number of nitrogens with zero attached hydrogens (tertiary/aromatic N) is 1. The molecule has 1 fully saturated rings. The number of carbonyl (C=O) groups excluding carboxylic acids is 1. The molecular weight excluding hydrogens is 300 g/mol. The van der Waals surface area contributed by atoms with Crippen molar-refractivity contribution >= 4 is 12.0 Å². The highest BCUT2D eigenvalue weighted by molar-refractivity contribution is 5.90. The van der Waals surface area contributed by atoms with Gasteiger partial charge in [-0.05, 0) is 48.1 Å². The summed E-state index contributed by atoms with van der Waals surface area (Å²) >= 11 is 0. The molecular formula is C20H28N2O2. The molecule has 1 aliphatic carbocycles. The van der Waals surface area contributed by atoms with Crippen LogP contribution in [0.5, 0.6) is 0 Å². The molecule has 1 amide bonds. The van der Waals surface area contributed by atoms with E-state index in [9.17, 15) is 4.79 Å². The van der Waals surface area contributed by atoms with Gasteiger partial charge >= 0.3 is 0 Å². The highest BCUT2D eigenvalue weighted by atomic mass is 16.5. The molecule has 24 heavy (non-hydrogen) atoms. The normalized spacial score (nSPS) is 19.4. The van der Waals surface area contributed by atoms with E-state index in [1.165, 1.54) is 62.3 Å². The molecule has 0 aromatic heterocycles. The van der Waals surface area contributed by atoms with Gasteiger partial charge in [0.2, 0.25) is 0 Å². The molecule has 0 unspecified atom stereocenters. The van der Waals surface area contributed by atoms with Gasteiger partial charge in [-0.3, -0.25) is 14.9 Å². The molecule has 4 heteroatoms. The SMILES string of the molecule is O=C(C=Cc1ccc2c(c1)CN(CCC1CCCCC1)CC2)NO. The molecule has 0 radical (unpaired) electrons. The van der Waals surface area contributed by atoms with Crippen LogP contribution < -0.4 is 5.48 Å². The highest BCUT2D eigenvalue weighted by Gasteiger charge is 2.19. The number of hydroxylamine groups is 1. The smallest absolute Gasteiger partial charge is 0.267 e. The molecule has 0 saturated heterocycles. The number of benzene rings is 1. The van der Waals surface area contributed by atoms with Gasteiger partial charge in [0.05, 0.1) is 0 Å². The van der Waals surface area contributed by atoms with Crippen LogP contribution in [-0.4, -0.2) is 29.1 Å². The van der Waals surface area contributed by atoms with E-state index in [0.717, 1.165) is 31.0 Å². The second kappa shape index (κ2) is 8.45. The first-order chi connectivity index (χ1) is 11.7. The number of hydrogen-bond acceptors (Lipinski definition) is 3. The van der Waals surface area contributed by atoms with Crippen LogP contribution in [0.25, 0.3) is 6.08 Å². The molecule has 0 bridgehead atoms. The molecule has 1 heterocycles. The van der Waals surface area contributed by atoms with E-state index in [1.54, 1.807) is 11.6 Å². The van der Waals surface area contributed by atoms with Crippen LogP contribution >= 0.6 is 0 Å². The maximum absolute atomic E-state index is 11.1. The van der Waals surface area contributed by atoms with Crippen molar-refractivity contribution in [2.75, 3.05) is 13.1 Å². The summed E-state index contributed by atoms with van der Waals surface area (Å²) in [6.07, 6.45) is 12.7. The summed E-state index contributed by atoms with van der Waals surface area (Å²) < 4.78 is 0. The van der Waals surface area contributed by atoms with Gasteiger partial charge in [0.1, 0.15) is 0 Å². The van der Waals surface area contributed by atoms with E-state index in [1.807, 2.05) is 6.07 Å². The van der Waals surface area contributed by atoms with Crippen LogP contribution in [0.3, 0.4) is 0 Å². The number of hydrogen-bond donors (Lipinski definition) is 2. The van der Waals surface area contributed by atoms with Crippen molar-refractivity contribution in [3.63, 3.8) is 0 Å². The van der Waals surface area contributed by atoms with E-state index in [2.05, 4.69) is 17.0 Å². The van der Waals surface area contributed by atoms with Crippen LogP contribution in [-0.2, 0) is 17.8 Å². The van der Waals surface area contributed by atoms with Crippen LogP contribution in [0.4, 0.5) is 0 Å². The van der Waals surface area contributed by atoms with Gasteiger partial charge in [-0.15, -0.1) is 0 Å². The highest BCUT2D eigenvalue weighted by Crippen LogP contribution is 2.27. The van der Waals surface area contributed by atoms with E-state index < -0.39 is 5.91 Å². The van der Waals surface area contributed by atoms with Gasteiger partial charge in [0.15, 0.2) is 0 Å². The number of amides is 1. The molecule has 1 aromatic carbocycles. The second-order valence-corrected chi connectivity index (χ2v) is 7.16. The van der Waals surface area contributed by atoms with Crippen LogP contribution in [0.1, 0.15) is 55.2 Å². The Kier molecular flexibility index (Phi) is 6.05. The molecule has 4 nitrogen and oxygen atoms in total. The maximum Gasteiger partial charge on any atom is 0.267 e.